The molecule has 0 amide bonds. The Balaban J connectivity index is 1.84. The van der Waals surface area contributed by atoms with E-state index in [0.717, 1.165) is 16.9 Å². The number of carbonyl (C=O) groups is 1. The zero-order valence-corrected chi connectivity index (χ0v) is 10.8. The summed E-state index contributed by atoms with van der Waals surface area (Å²) in [6, 6.07) is 15.5. The molecule has 1 aliphatic rings. The molecule has 0 spiro atoms. The molecule has 20 heavy (non-hydrogen) atoms. The van der Waals surface area contributed by atoms with Crippen molar-refractivity contribution in [2.24, 2.45) is 0 Å². The molecule has 0 aromatic heterocycles. The average molecular weight is 270 g/mol. The van der Waals surface area contributed by atoms with E-state index in [2.05, 4.69) is 0 Å². The van der Waals surface area contributed by atoms with Gasteiger partial charge in [-0.15, -0.1) is 0 Å². The van der Waals surface area contributed by atoms with Crippen LogP contribution in [-0.4, -0.2) is 13.3 Å². The monoisotopic (exact) mass is 270 g/mol. The van der Waals surface area contributed by atoms with Gasteiger partial charge < -0.3 is 14.2 Å². The Kier molecular flexibility index (Phi) is 3.54. The maximum absolute atomic E-state index is 10.7. The smallest absolute Gasteiger partial charge is 0.293 e. The molecule has 0 saturated heterocycles. The minimum Gasteiger partial charge on any atom is -0.459 e. The van der Waals surface area contributed by atoms with Crippen molar-refractivity contribution < 1.29 is 19.0 Å². The second-order valence-corrected chi connectivity index (χ2v) is 4.52. The SMILES string of the molecule is O=COC(Cc1ccccc1)c1ccc2c(c1)OCO2. The molecule has 102 valence electrons. The third-order valence-electron chi connectivity index (χ3n) is 3.25. The van der Waals surface area contributed by atoms with Gasteiger partial charge in [0.15, 0.2) is 11.5 Å². The molecular weight excluding hydrogens is 256 g/mol. The highest BCUT2D eigenvalue weighted by Gasteiger charge is 2.19. The summed E-state index contributed by atoms with van der Waals surface area (Å²) in [5, 5.41) is 0. The van der Waals surface area contributed by atoms with Crippen LogP contribution in [0.3, 0.4) is 0 Å². The summed E-state index contributed by atoms with van der Waals surface area (Å²) in [5.74, 6) is 1.41. The molecule has 2 aromatic rings. The van der Waals surface area contributed by atoms with Gasteiger partial charge in [0.1, 0.15) is 6.10 Å². The van der Waals surface area contributed by atoms with Gasteiger partial charge in [0.2, 0.25) is 6.79 Å². The van der Waals surface area contributed by atoms with Crippen LogP contribution >= 0.6 is 0 Å². The first kappa shape index (κ1) is 12.5. The number of benzene rings is 2. The van der Waals surface area contributed by atoms with E-state index in [9.17, 15) is 4.79 Å². The van der Waals surface area contributed by atoms with E-state index in [1.165, 1.54) is 0 Å². The van der Waals surface area contributed by atoms with Crippen LogP contribution in [0.2, 0.25) is 0 Å². The Morgan fingerprint density at radius 1 is 1.10 bits per heavy atom. The standard InChI is InChI=1S/C16H14O4/c17-10-18-15(8-12-4-2-1-3-5-12)13-6-7-14-16(9-13)20-11-19-14/h1-7,9-10,15H,8,11H2. The normalized spacial score (nSPS) is 13.8. The lowest BCUT2D eigenvalue weighted by Crippen LogP contribution is -2.07. The van der Waals surface area contributed by atoms with E-state index >= 15 is 0 Å². The van der Waals surface area contributed by atoms with Crippen molar-refractivity contribution in [1.82, 2.24) is 0 Å². The molecule has 0 fully saturated rings. The topological polar surface area (TPSA) is 44.8 Å². The van der Waals surface area contributed by atoms with Gasteiger partial charge >= 0.3 is 0 Å². The lowest BCUT2D eigenvalue weighted by molar-refractivity contribution is -0.133. The minimum absolute atomic E-state index is 0.233. The molecule has 0 saturated carbocycles. The van der Waals surface area contributed by atoms with E-state index in [1.54, 1.807) is 0 Å². The van der Waals surface area contributed by atoms with Gasteiger partial charge in [-0.2, -0.15) is 0 Å². The Bertz CT molecular complexity index is 595. The number of carbonyl (C=O) groups excluding carboxylic acids is 1. The lowest BCUT2D eigenvalue weighted by Gasteiger charge is -2.16. The van der Waals surface area contributed by atoms with Crippen molar-refractivity contribution in [3.8, 4) is 11.5 Å². The lowest BCUT2D eigenvalue weighted by atomic mass is 10.0. The van der Waals surface area contributed by atoms with Gasteiger partial charge in [-0.25, -0.2) is 0 Å². The predicted molar refractivity (Wildman–Crippen MR) is 72.6 cm³/mol. The van der Waals surface area contributed by atoms with Crippen molar-refractivity contribution in [3.63, 3.8) is 0 Å². The second-order valence-electron chi connectivity index (χ2n) is 4.52. The van der Waals surface area contributed by atoms with Crippen molar-refractivity contribution in [2.45, 2.75) is 12.5 Å². The molecule has 2 aromatic carbocycles. The molecule has 1 aliphatic heterocycles. The number of hydrogen-bond donors (Lipinski definition) is 0. The fraction of sp³-hybridized carbons (Fsp3) is 0.188. The Morgan fingerprint density at radius 3 is 2.70 bits per heavy atom. The van der Waals surface area contributed by atoms with Gasteiger partial charge in [0.25, 0.3) is 6.47 Å². The highest BCUT2D eigenvalue weighted by molar-refractivity contribution is 5.46. The zero-order chi connectivity index (χ0) is 13.8. The van der Waals surface area contributed by atoms with Crippen LogP contribution in [0.25, 0.3) is 0 Å². The molecule has 0 aliphatic carbocycles. The largest absolute Gasteiger partial charge is 0.459 e. The fourth-order valence-electron chi connectivity index (χ4n) is 2.25. The van der Waals surface area contributed by atoms with E-state index in [1.807, 2.05) is 48.5 Å². The molecule has 0 radical (unpaired) electrons. The van der Waals surface area contributed by atoms with E-state index in [0.29, 0.717) is 18.6 Å². The molecule has 0 bridgehead atoms. The Labute approximate surface area is 116 Å². The molecular formula is C16H14O4. The summed E-state index contributed by atoms with van der Waals surface area (Å²) >= 11 is 0. The van der Waals surface area contributed by atoms with Gasteiger partial charge in [0.05, 0.1) is 0 Å². The first-order valence-electron chi connectivity index (χ1n) is 6.39. The van der Waals surface area contributed by atoms with Gasteiger partial charge in [0, 0.05) is 6.42 Å². The van der Waals surface area contributed by atoms with Crippen LogP contribution in [0.1, 0.15) is 17.2 Å². The van der Waals surface area contributed by atoms with Crippen molar-refractivity contribution in [3.05, 3.63) is 59.7 Å². The van der Waals surface area contributed by atoms with Crippen molar-refractivity contribution in [1.29, 1.82) is 0 Å². The van der Waals surface area contributed by atoms with Gasteiger partial charge in [-0.3, -0.25) is 4.79 Å². The molecule has 1 unspecified atom stereocenters. The van der Waals surface area contributed by atoms with Crippen LogP contribution in [0.5, 0.6) is 11.5 Å². The summed E-state index contributed by atoms with van der Waals surface area (Å²) in [5.41, 5.74) is 2.00. The number of hydrogen-bond acceptors (Lipinski definition) is 4. The second kappa shape index (κ2) is 5.65. The molecule has 1 heterocycles. The van der Waals surface area contributed by atoms with Crippen LogP contribution < -0.4 is 9.47 Å². The third kappa shape index (κ3) is 2.59. The zero-order valence-electron chi connectivity index (χ0n) is 10.8. The molecule has 0 N–H and O–H groups in total. The number of fused-ring (bicyclic) bond motifs is 1. The predicted octanol–water partition coefficient (Wildman–Crippen LogP) is 2.87. The summed E-state index contributed by atoms with van der Waals surface area (Å²) in [4.78, 5) is 10.7. The van der Waals surface area contributed by atoms with Crippen LogP contribution in [-0.2, 0) is 16.0 Å². The first-order chi connectivity index (χ1) is 9.86. The highest BCUT2D eigenvalue weighted by atomic mass is 16.7. The number of rotatable bonds is 5. The van der Waals surface area contributed by atoms with Crippen molar-refractivity contribution >= 4 is 6.47 Å². The van der Waals surface area contributed by atoms with Crippen LogP contribution in [0.4, 0.5) is 0 Å². The quantitative estimate of drug-likeness (QED) is 0.784. The van der Waals surface area contributed by atoms with Crippen LogP contribution in [0, 0.1) is 0 Å². The molecule has 4 nitrogen and oxygen atoms in total. The summed E-state index contributed by atoms with van der Waals surface area (Å²) in [6.07, 6.45) is 0.295. The van der Waals surface area contributed by atoms with Gasteiger partial charge in [-0.1, -0.05) is 36.4 Å². The Hall–Kier alpha value is -2.49. The third-order valence-corrected chi connectivity index (χ3v) is 3.25. The summed E-state index contributed by atoms with van der Waals surface area (Å²) < 4.78 is 15.8. The fourth-order valence-corrected chi connectivity index (χ4v) is 2.25. The van der Waals surface area contributed by atoms with E-state index in [4.69, 9.17) is 14.2 Å². The van der Waals surface area contributed by atoms with Gasteiger partial charge in [-0.05, 0) is 23.3 Å². The van der Waals surface area contributed by atoms with E-state index < -0.39 is 0 Å². The molecule has 3 rings (SSSR count). The summed E-state index contributed by atoms with van der Waals surface area (Å²) in [7, 11) is 0. The first-order valence-corrected chi connectivity index (χ1v) is 6.39. The number of ether oxygens (including phenoxy) is 3. The minimum atomic E-state index is -0.329. The van der Waals surface area contributed by atoms with E-state index in [-0.39, 0.29) is 12.9 Å². The maximum atomic E-state index is 10.7. The average Bonchev–Trinajstić information content (AvgIpc) is 2.95. The Morgan fingerprint density at radius 2 is 1.90 bits per heavy atom. The maximum Gasteiger partial charge on any atom is 0.293 e. The highest BCUT2D eigenvalue weighted by Crippen LogP contribution is 2.35. The molecule has 1 atom stereocenters. The summed E-state index contributed by atoms with van der Waals surface area (Å²) in [6.45, 7) is 0.717. The molecule has 4 heteroatoms. The van der Waals surface area contributed by atoms with Crippen molar-refractivity contribution in [2.75, 3.05) is 6.79 Å². The van der Waals surface area contributed by atoms with Crippen LogP contribution in [0.15, 0.2) is 48.5 Å².